The largest absolute Gasteiger partial charge is 0.350 e. The second-order valence-corrected chi connectivity index (χ2v) is 5.30. The minimum absolute atomic E-state index is 0.371. The summed E-state index contributed by atoms with van der Waals surface area (Å²) >= 11 is 0. The van der Waals surface area contributed by atoms with E-state index >= 15 is 0 Å². The van der Waals surface area contributed by atoms with Crippen LogP contribution in [0.1, 0.15) is 20.3 Å². The third kappa shape index (κ3) is 1.24. The lowest BCUT2D eigenvalue weighted by atomic mass is 9.84. The first-order valence-corrected chi connectivity index (χ1v) is 5.62. The van der Waals surface area contributed by atoms with Crippen molar-refractivity contribution in [3.8, 4) is 0 Å². The summed E-state index contributed by atoms with van der Waals surface area (Å²) in [4.78, 5) is 0. The first-order chi connectivity index (χ1) is 6.66. The van der Waals surface area contributed by atoms with Crippen LogP contribution in [0.25, 0.3) is 0 Å². The van der Waals surface area contributed by atoms with Gasteiger partial charge in [0.2, 0.25) is 0 Å². The van der Waals surface area contributed by atoms with E-state index in [1.165, 1.54) is 6.42 Å². The Hall–Kier alpha value is -0.340. The molecule has 0 N–H and O–H groups in total. The maximum absolute atomic E-state index is 5.80. The molecule has 78 valence electrons. The number of fused-ring (bicyclic) bond motifs is 5. The Bertz CT molecular complexity index is 245. The molecule has 14 heavy (non-hydrogen) atoms. The fourth-order valence-corrected chi connectivity index (χ4v) is 3.16. The second kappa shape index (κ2) is 2.83. The predicted octanol–water partition coefficient (Wildman–Crippen LogP) is 2.21. The van der Waals surface area contributed by atoms with Crippen molar-refractivity contribution >= 4 is 0 Å². The molecule has 2 nitrogen and oxygen atoms in total. The third-order valence-corrected chi connectivity index (χ3v) is 4.05. The van der Waals surface area contributed by atoms with Crippen LogP contribution >= 0.6 is 0 Å². The summed E-state index contributed by atoms with van der Waals surface area (Å²) in [7, 11) is 0. The summed E-state index contributed by atoms with van der Waals surface area (Å²) < 4.78 is 11.6. The molecule has 3 rings (SSSR count). The zero-order chi connectivity index (χ0) is 9.76. The van der Waals surface area contributed by atoms with Crippen molar-refractivity contribution in [3.05, 3.63) is 12.2 Å². The Morgan fingerprint density at radius 2 is 1.50 bits per heavy atom. The molecule has 0 amide bonds. The van der Waals surface area contributed by atoms with Gasteiger partial charge in [0.25, 0.3) is 0 Å². The van der Waals surface area contributed by atoms with E-state index in [-0.39, 0.29) is 5.79 Å². The van der Waals surface area contributed by atoms with Gasteiger partial charge in [-0.25, -0.2) is 0 Å². The first-order valence-electron chi connectivity index (χ1n) is 5.62. The van der Waals surface area contributed by atoms with Crippen LogP contribution in [0.5, 0.6) is 0 Å². The van der Waals surface area contributed by atoms with Gasteiger partial charge < -0.3 is 9.47 Å². The van der Waals surface area contributed by atoms with Crippen molar-refractivity contribution in [3.63, 3.8) is 0 Å². The minimum atomic E-state index is -0.371. The topological polar surface area (TPSA) is 18.5 Å². The van der Waals surface area contributed by atoms with Crippen molar-refractivity contribution in [2.45, 2.75) is 26.1 Å². The molecule has 1 saturated carbocycles. The summed E-state index contributed by atoms with van der Waals surface area (Å²) in [5.74, 6) is 2.59. The van der Waals surface area contributed by atoms with E-state index in [2.05, 4.69) is 12.2 Å². The lowest BCUT2D eigenvalue weighted by molar-refractivity contribution is -0.204. The molecule has 0 aromatic heterocycles. The van der Waals surface area contributed by atoms with Gasteiger partial charge in [0.05, 0.1) is 13.2 Å². The molecule has 4 atom stereocenters. The van der Waals surface area contributed by atoms with Gasteiger partial charge in [-0.2, -0.15) is 0 Å². The van der Waals surface area contributed by atoms with Gasteiger partial charge in [-0.3, -0.25) is 0 Å². The smallest absolute Gasteiger partial charge is 0.162 e. The van der Waals surface area contributed by atoms with Crippen molar-refractivity contribution in [1.29, 1.82) is 0 Å². The van der Waals surface area contributed by atoms with Gasteiger partial charge in [0.1, 0.15) is 0 Å². The lowest BCUT2D eigenvalue weighted by Crippen LogP contribution is -2.28. The molecule has 1 heterocycles. The molecule has 0 spiro atoms. The van der Waals surface area contributed by atoms with Crippen molar-refractivity contribution in [1.82, 2.24) is 0 Å². The van der Waals surface area contributed by atoms with E-state index in [9.17, 15) is 0 Å². The van der Waals surface area contributed by atoms with Crippen LogP contribution in [0.3, 0.4) is 0 Å². The SMILES string of the molecule is CC1(C)OC[C@H]2[C@H]3C=CC(C3)[C@@H]2CO1. The average molecular weight is 194 g/mol. The van der Waals surface area contributed by atoms with Crippen molar-refractivity contribution < 1.29 is 9.47 Å². The molecule has 2 bridgehead atoms. The Balaban J connectivity index is 1.81. The summed E-state index contributed by atoms with van der Waals surface area (Å²) in [5, 5.41) is 0. The fourth-order valence-electron chi connectivity index (χ4n) is 3.16. The third-order valence-electron chi connectivity index (χ3n) is 4.05. The second-order valence-electron chi connectivity index (χ2n) is 5.30. The van der Waals surface area contributed by atoms with Crippen LogP contribution in [0.2, 0.25) is 0 Å². The molecule has 1 saturated heterocycles. The molecule has 2 aliphatic carbocycles. The van der Waals surface area contributed by atoms with Gasteiger partial charge in [-0.1, -0.05) is 12.2 Å². The predicted molar refractivity (Wildman–Crippen MR) is 53.7 cm³/mol. The van der Waals surface area contributed by atoms with E-state index in [1.807, 2.05) is 13.8 Å². The van der Waals surface area contributed by atoms with Crippen LogP contribution in [0.15, 0.2) is 12.2 Å². The summed E-state index contributed by atoms with van der Waals surface area (Å²) in [6.45, 7) is 5.79. The zero-order valence-corrected chi connectivity index (χ0v) is 8.90. The maximum atomic E-state index is 5.80. The van der Waals surface area contributed by atoms with E-state index < -0.39 is 0 Å². The Morgan fingerprint density at radius 1 is 1.00 bits per heavy atom. The number of allylic oxidation sites excluding steroid dienone is 2. The van der Waals surface area contributed by atoms with Crippen LogP contribution in [0, 0.1) is 23.7 Å². The quantitative estimate of drug-likeness (QED) is 0.550. The number of rotatable bonds is 0. The van der Waals surface area contributed by atoms with Crippen LogP contribution in [0.4, 0.5) is 0 Å². The van der Waals surface area contributed by atoms with Gasteiger partial charge in [-0.15, -0.1) is 0 Å². The Labute approximate surface area is 85.3 Å². The molecule has 1 aliphatic heterocycles. The van der Waals surface area contributed by atoms with Gasteiger partial charge in [0, 0.05) is 0 Å². The highest BCUT2D eigenvalue weighted by Gasteiger charge is 2.47. The highest BCUT2D eigenvalue weighted by Crippen LogP contribution is 2.49. The van der Waals surface area contributed by atoms with Gasteiger partial charge >= 0.3 is 0 Å². The Morgan fingerprint density at radius 3 is 2.00 bits per heavy atom. The average Bonchev–Trinajstić information content (AvgIpc) is 2.67. The molecule has 1 unspecified atom stereocenters. The lowest BCUT2D eigenvalue weighted by Gasteiger charge is -2.23. The molecular formula is C12H18O2. The van der Waals surface area contributed by atoms with Gasteiger partial charge in [0.15, 0.2) is 5.79 Å². The van der Waals surface area contributed by atoms with E-state index in [4.69, 9.17) is 9.47 Å². The maximum Gasteiger partial charge on any atom is 0.162 e. The highest BCUT2D eigenvalue weighted by molar-refractivity contribution is 5.13. The molecule has 2 heteroatoms. The van der Waals surface area contributed by atoms with Gasteiger partial charge in [-0.05, 0) is 43.9 Å². The number of hydrogen-bond donors (Lipinski definition) is 0. The van der Waals surface area contributed by atoms with Crippen LogP contribution < -0.4 is 0 Å². The van der Waals surface area contributed by atoms with E-state index in [0.29, 0.717) is 11.8 Å². The molecule has 2 fully saturated rings. The Kier molecular flexibility index (Phi) is 1.80. The highest BCUT2D eigenvalue weighted by atomic mass is 16.7. The number of hydrogen-bond acceptors (Lipinski definition) is 2. The van der Waals surface area contributed by atoms with Crippen molar-refractivity contribution in [2.24, 2.45) is 23.7 Å². The van der Waals surface area contributed by atoms with Crippen LogP contribution in [-0.2, 0) is 9.47 Å². The molecule has 0 aromatic rings. The zero-order valence-electron chi connectivity index (χ0n) is 8.90. The fraction of sp³-hybridized carbons (Fsp3) is 0.833. The number of ether oxygens (including phenoxy) is 2. The first kappa shape index (κ1) is 8.93. The summed E-state index contributed by atoms with van der Waals surface area (Å²) in [6, 6.07) is 0. The van der Waals surface area contributed by atoms with E-state index in [1.54, 1.807) is 0 Å². The molecular weight excluding hydrogens is 176 g/mol. The monoisotopic (exact) mass is 194 g/mol. The molecule has 0 radical (unpaired) electrons. The standard InChI is InChI=1S/C12H18O2/c1-12(2)13-6-10-8-3-4-9(5-8)11(10)7-14-12/h3-4,8-11H,5-7H2,1-2H3/t8-,9?,10-,11-/m0/s1. The minimum Gasteiger partial charge on any atom is -0.350 e. The van der Waals surface area contributed by atoms with E-state index in [0.717, 1.165) is 25.0 Å². The molecule has 3 aliphatic rings. The van der Waals surface area contributed by atoms with Crippen molar-refractivity contribution in [2.75, 3.05) is 13.2 Å². The summed E-state index contributed by atoms with van der Waals surface area (Å²) in [5.41, 5.74) is 0. The summed E-state index contributed by atoms with van der Waals surface area (Å²) in [6.07, 6.45) is 6.10. The normalized spacial score (nSPS) is 49.0. The van der Waals surface area contributed by atoms with Crippen LogP contribution in [-0.4, -0.2) is 19.0 Å². The molecule has 0 aromatic carbocycles.